The number of amides is 1. The van der Waals surface area contributed by atoms with Gasteiger partial charge < -0.3 is 10.0 Å². The number of aliphatic hydroxyl groups excluding tert-OH is 1. The van der Waals surface area contributed by atoms with Crippen LogP contribution in [0.2, 0.25) is 0 Å². The van der Waals surface area contributed by atoms with Crippen LogP contribution >= 0.6 is 0 Å². The third-order valence-electron chi connectivity index (χ3n) is 6.28. The van der Waals surface area contributed by atoms with Crippen molar-refractivity contribution in [2.24, 2.45) is 10.6 Å². The molecule has 138 valence electrons. The van der Waals surface area contributed by atoms with E-state index in [0.717, 1.165) is 31.2 Å². The molecule has 6 nitrogen and oxygen atoms in total. The van der Waals surface area contributed by atoms with Crippen LogP contribution in [-0.2, 0) is 10.0 Å². The first-order valence-corrected chi connectivity index (χ1v) is 10.3. The Morgan fingerprint density at radius 2 is 2.04 bits per heavy atom. The van der Waals surface area contributed by atoms with Crippen molar-refractivity contribution in [3.8, 4) is 0 Å². The number of hydrogen-bond donors (Lipinski definition) is 2. The Morgan fingerprint density at radius 1 is 1.36 bits per heavy atom. The zero-order chi connectivity index (χ0) is 18.6. The fraction of sp³-hybridized carbons (Fsp3) is 0.611. The first kappa shape index (κ1) is 18.4. The van der Waals surface area contributed by atoms with E-state index in [-0.39, 0.29) is 34.9 Å². The maximum absolute atomic E-state index is 13.2. The van der Waals surface area contributed by atoms with Crippen LogP contribution < -0.4 is 5.14 Å². The third-order valence-corrected chi connectivity index (χ3v) is 7.32. The molecule has 25 heavy (non-hydrogen) atoms. The number of fused-ring (bicyclic) bond motifs is 2. The van der Waals surface area contributed by atoms with Crippen molar-refractivity contribution in [2.75, 3.05) is 6.61 Å². The molecule has 0 radical (unpaired) electrons. The van der Waals surface area contributed by atoms with E-state index in [9.17, 15) is 18.3 Å². The molecule has 2 fully saturated rings. The molecule has 3 atom stereocenters. The number of benzene rings is 1. The predicted molar refractivity (Wildman–Crippen MR) is 94.7 cm³/mol. The molecular weight excluding hydrogens is 340 g/mol. The van der Waals surface area contributed by atoms with Gasteiger partial charge in [0.25, 0.3) is 5.91 Å². The van der Waals surface area contributed by atoms with Gasteiger partial charge in [-0.25, -0.2) is 13.6 Å². The van der Waals surface area contributed by atoms with Gasteiger partial charge in [-0.1, -0.05) is 6.92 Å². The number of carbonyl (C=O) groups is 1. The lowest BCUT2D eigenvalue weighted by atomic mass is 9.72. The monoisotopic (exact) mass is 366 g/mol. The Hall–Kier alpha value is -1.44. The largest absolute Gasteiger partial charge is 0.396 e. The van der Waals surface area contributed by atoms with Crippen LogP contribution in [0.15, 0.2) is 17.0 Å². The summed E-state index contributed by atoms with van der Waals surface area (Å²) in [7, 11) is -3.89. The number of aryl methyl sites for hydroxylation is 1. The average Bonchev–Trinajstić information content (AvgIpc) is 3.11. The lowest BCUT2D eigenvalue weighted by Gasteiger charge is -2.34. The summed E-state index contributed by atoms with van der Waals surface area (Å²) in [6.45, 7) is 5.60. The second-order valence-corrected chi connectivity index (χ2v) is 9.03. The molecule has 1 aromatic rings. The molecule has 2 heterocycles. The number of hydrogen-bond acceptors (Lipinski definition) is 4. The van der Waals surface area contributed by atoms with E-state index < -0.39 is 10.0 Å². The molecule has 2 saturated heterocycles. The Morgan fingerprint density at radius 3 is 2.56 bits per heavy atom. The van der Waals surface area contributed by atoms with Gasteiger partial charge in [-0.05, 0) is 62.8 Å². The van der Waals surface area contributed by atoms with Gasteiger partial charge in [0, 0.05) is 23.1 Å². The molecule has 2 aliphatic heterocycles. The second kappa shape index (κ2) is 6.07. The van der Waals surface area contributed by atoms with Crippen molar-refractivity contribution >= 4 is 15.9 Å². The summed E-state index contributed by atoms with van der Waals surface area (Å²) in [5, 5.41) is 15.2. The molecule has 0 unspecified atom stereocenters. The molecule has 3 rings (SSSR count). The molecule has 3 N–H and O–H groups in total. The van der Waals surface area contributed by atoms with Gasteiger partial charge in [0.2, 0.25) is 10.0 Å². The Bertz CT molecular complexity index is 815. The van der Waals surface area contributed by atoms with Crippen molar-refractivity contribution in [1.82, 2.24) is 4.90 Å². The standard InChI is InChI=1S/C18H26N2O4S/c1-4-18(10-21)9-14-5-6-16(18)20(14)17(22)13-7-11(2)12(3)15(8-13)25(19,23)24/h7-8,14,16,21H,4-6,9-10H2,1-3H3,(H2,19,23,24)/t14-,16+,18-/m1/s1. The van der Waals surface area contributed by atoms with Crippen LogP contribution in [0, 0.1) is 19.3 Å². The minimum Gasteiger partial charge on any atom is -0.396 e. The van der Waals surface area contributed by atoms with Gasteiger partial charge in [0.15, 0.2) is 0 Å². The Balaban J connectivity index is 2.02. The molecule has 0 aliphatic carbocycles. The molecule has 1 amide bonds. The quantitative estimate of drug-likeness (QED) is 0.847. The molecule has 2 aliphatic rings. The van der Waals surface area contributed by atoms with Gasteiger partial charge in [-0.3, -0.25) is 4.79 Å². The van der Waals surface area contributed by atoms with Crippen LogP contribution in [0.25, 0.3) is 0 Å². The van der Waals surface area contributed by atoms with Crippen molar-refractivity contribution in [3.05, 3.63) is 28.8 Å². The lowest BCUT2D eigenvalue weighted by molar-refractivity contribution is 0.0557. The summed E-state index contributed by atoms with van der Waals surface area (Å²) in [5.41, 5.74) is 1.42. The average molecular weight is 366 g/mol. The smallest absolute Gasteiger partial charge is 0.254 e. The van der Waals surface area contributed by atoms with Crippen LogP contribution in [0.5, 0.6) is 0 Å². The zero-order valence-electron chi connectivity index (χ0n) is 14.9. The van der Waals surface area contributed by atoms with E-state index in [1.165, 1.54) is 6.07 Å². The minimum atomic E-state index is -3.89. The predicted octanol–water partition coefficient (Wildman–Crippen LogP) is 1.72. The fourth-order valence-corrected chi connectivity index (χ4v) is 5.53. The highest BCUT2D eigenvalue weighted by molar-refractivity contribution is 7.89. The van der Waals surface area contributed by atoms with Crippen molar-refractivity contribution < 1.29 is 18.3 Å². The highest BCUT2D eigenvalue weighted by Crippen LogP contribution is 2.51. The molecule has 0 spiro atoms. The highest BCUT2D eigenvalue weighted by atomic mass is 32.2. The van der Waals surface area contributed by atoms with Crippen LogP contribution in [-0.4, -0.2) is 43.0 Å². The van der Waals surface area contributed by atoms with E-state index >= 15 is 0 Å². The summed E-state index contributed by atoms with van der Waals surface area (Å²) in [6.07, 6.45) is 3.45. The minimum absolute atomic E-state index is 0.00584. The Kier molecular flexibility index (Phi) is 4.46. The number of nitrogens with two attached hydrogens (primary N) is 1. The first-order valence-electron chi connectivity index (χ1n) is 8.72. The van der Waals surface area contributed by atoms with Gasteiger partial charge in [-0.2, -0.15) is 0 Å². The van der Waals surface area contributed by atoms with E-state index in [1.54, 1.807) is 19.9 Å². The van der Waals surface area contributed by atoms with Crippen LogP contribution in [0.1, 0.15) is 54.1 Å². The summed E-state index contributed by atoms with van der Waals surface area (Å²) in [6, 6.07) is 3.25. The topological polar surface area (TPSA) is 101 Å². The Labute approximate surface area is 149 Å². The second-order valence-electron chi connectivity index (χ2n) is 7.50. The van der Waals surface area contributed by atoms with E-state index in [4.69, 9.17) is 5.14 Å². The van der Waals surface area contributed by atoms with Crippen molar-refractivity contribution in [3.63, 3.8) is 0 Å². The number of aliphatic hydroxyl groups is 1. The SMILES string of the molecule is CC[C@]1(CO)C[C@H]2CC[C@@H]1N2C(=O)c1cc(C)c(C)c(S(N)(=O)=O)c1. The summed E-state index contributed by atoms with van der Waals surface area (Å²) in [5.74, 6) is -0.163. The van der Waals surface area contributed by atoms with Crippen LogP contribution in [0.4, 0.5) is 0 Å². The number of rotatable bonds is 4. The molecule has 1 aromatic carbocycles. The van der Waals surface area contributed by atoms with Gasteiger partial charge in [-0.15, -0.1) is 0 Å². The number of carbonyl (C=O) groups excluding carboxylic acids is 1. The zero-order valence-corrected chi connectivity index (χ0v) is 15.8. The number of sulfonamides is 1. The van der Waals surface area contributed by atoms with Gasteiger partial charge in [0.1, 0.15) is 0 Å². The third kappa shape index (κ3) is 2.78. The summed E-state index contributed by atoms with van der Waals surface area (Å²) in [4.78, 5) is 15.1. The van der Waals surface area contributed by atoms with E-state index in [1.807, 2.05) is 4.90 Å². The van der Waals surface area contributed by atoms with Crippen molar-refractivity contribution in [2.45, 2.75) is 63.4 Å². The van der Waals surface area contributed by atoms with E-state index in [2.05, 4.69) is 6.92 Å². The summed E-state index contributed by atoms with van der Waals surface area (Å²) < 4.78 is 23.7. The van der Waals surface area contributed by atoms with Gasteiger partial charge >= 0.3 is 0 Å². The fourth-order valence-electron chi connectivity index (χ4n) is 4.65. The number of nitrogens with zero attached hydrogens (tertiary/aromatic N) is 1. The van der Waals surface area contributed by atoms with Crippen molar-refractivity contribution in [1.29, 1.82) is 0 Å². The highest BCUT2D eigenvalue weighted by Gasteiger charge is 2.56. The molecule has 0 saturated carbocycles. The lowest BCUT2D eigenvalue weighted by Crippen LogP contribution is -2.42. The maximum Gasteiger partial charge on any atom is 0.254 e. The first-order chi connectivity index (χ1) is 11.6. The van der Waals surface area contributed by atoms with E-state index in [0.29, 0.717) is 11.1 Å². The molecule has 2 bridgehead atoms. The van der Waals surface area contributed by atoms with Crippen LogP contribution in [0.3, 0.4) is 0 Å². The van der Waals surface area contributed by atoms with Gasteiger partial charge in [0.05, 0.1) is 11.5 Å². The molecular formula is C18H26N2O4S. The molecule has 7 heteroatoms. The molecule has 0 aromatic heterocycles. The maximum atomic E-state index is 13.2. The summed E-state index contributed by atoms with van der Waals surface area (Å²) >= 11 is 0. The normalized spacial score (nSPS) is 28.6. The number of primary sulfonamides is 1.